The third kappa shape index (κ3) is 3.67. The molecule has 98 valence electrons. The Labute approximate surface area is 117 Å². The summed E-state index contributed by atoms with van der Waals surface area (Å²) >= 11 is 6.81. The molecule has 18 heavy (non-hydrogen) atoms. The van der Waals surface area contributed by atoms with Crippen LogP contribution in [0.3, 0.4) is 0 Å². The van der Waals surface area contributed by atoms with E-state index in [1.807, 2.05) is 11.8 Å². The van der Waals surface area contributed by atoms with Crippen molar-refractivity contribution >= 4 is 29.0 Å². The lowest BCUT2D eigenvalue weighted by Gasteiger charge is -2.19. The van der Waals surface area contributed by atoms with Crippen LogP contribution in [0.25, 0.3) is 0 Å². The number of nitrogens with zero attached hydrogens (tertiary/aromatic N) is 1. The number of thioether (sulfide) groups is 1. The molecule has 2 rings (SSSR count). The Hall–Kier alpha value is -0.650. The fourth-order valence-electron chi connectivity index (χ4n) is 2.03. The minimum absolute atomic E-state index is 0.211. The van der Waals surface area contributed by atoms with Crippen molar-refractivity contribution in [1.82, 2.24) is 4.90 Å². The standard InChI is InChI=1S/C13H17FN2S2/c14-12-8-10(13(15)17)2-3-11(12)9-16-4-1-6-18-7-5-16/h2-3,8H,1,4-7,9H2,(H2,15,17). The van der Waals surface area contributed by atoms with Gasteiger partial charge in [-0.05, 0) is 24.8 Å². The molecule has 0 atom stereocenters. The predicted molar refractivity (Wildman–Crippen MR) is 79.5 cm³/mol. The van der Waals surface area contributed by atoms with Crippen LogP contribution < -0.4 is 5.73 Å². The normalized spacial score (nSPS) is 17.4. The van der Waals surface area contributed by atoms with Gasteiger partial charge in [-0.15, -0.1) is 0 Å². The average molecular weight is 284 g/mol. The van der Waals surface area contributed by atoms with E-state index in [2.05, 4.69) is 4.90 Å². The van der Waals surface area contributed by atoms with Crippen LogP contribution in [0.4, 0.5) is 4.39 Å². The first-order chi connectivity index (χ1) is 8.66. The first-order valence-electron chi connectivity index (χ1n) is 6.05. The maximum absolute atomic E-state index is 13.9. The summed E-state index contributed by atoms with van der Waals surface area (Å²) in [5.74, 6) is 2.13. The molecular formula is C13H17FN2S2. The summed E-state index contributed by atoms with van der Waals surface area (Å²) in [6.07, 6.45) is 1.18. The molecule has 1 saturated heterocycles. The van der Waals surface area contributed by atoms with Crippen molar-refractivity contribution in [2.45, 2.75) is 13.0 Å². The van der Waals surface area contributed by atoms with E-state index in [0.29, 0.717) is 12.1 Å². The SMILES string of the molecule is NC(=S)c1ccc(CN2CCCSCC2)c(F)c1. The minimum atomic E-state index is -0.211. The van der Waals surface area contributed by atoms with Gasteiger partial charge >= 0.3 is 0 Å². The van der Waals surface area contributed by atoms with Crippen molar-refractivity contribution in [2.75, 3.05) is 24.6 Å². The molecule has 1 aromatic carbocycles. The maximum atomic E-state index is 13.9. The summed E-state index contributed by atoms with van der Waals surface area (Å²) < 4.78 is 13.9. The molecule has 0 unspecified atom stereocenters. The Bertz CT molecular complexity index is 429. The Morgan fingerprint density at radius 3 is 2.94 bits per heavy atom. The highest BCUT2D eigenvalue weighted by molar-refractivity contribution is 7.99. The van der Waals surface area contributed by atoms with E-state index in [0.717, 1.165) is 24.4 Å². The van der Waals surface area contributed by atoms with Gasteiger partial charge in [0.05, 0.1) is 0 Å². The molecule has 0 aromatic heterocycles. The smallest absolute Gasteiger partial charge is 0.128 e. The number of halogens is 1. The molecular weight excluding hydrogens is 267 g/mol. The highest BCUT2D eigenvalue weighted by atomic mass is 32.2. The molecule has 0 saturated carbocycles. The fraction of sp³-hybridized carbons (Fsp3) is 0.462. The largest absolute Gasteiger partial charge is 0.389 e. The molecule has 5 heteroatoms. The van der Waals surface area contributed by atoms with Gasteiger partial charge in [0, 0.05) is 30.0 Å². The van der Waals surface area contributed by atoms with E-state index >= 15 is 0 Å². The molecule has 1 aliphatic heterocycles. The van der Waals surface area contributed by atoms with Crippen LogP contribution in [-0.4, -0.2) is 34.5 Å². The fourth-order valence-corrected chi connectivity index (χ4v) is 3.08. The van der Waals surface area contributed by atoms with Crippen molar-refractivity contribution < 1.29 is 4.39 Å². The van der Waals surface area contributed by atoms with Gasteiger partial charge in [-0.3, -0.25) is 4.90 Å². The lowest BCUT2D eigenvalue weighted by atomic mass is 10.1. The first kappa shape index (κ1) is 13.8. The van der Waals surface area contributed by atoms with Crippen molar-refractivity contribution in [3.8, 4) is 0 Å². The van der Waals surface area contributed by atoms with Gasteiger partial charge in [-0.1, -0.05) is 24.4 Å². The van der Waals surface area contributed by atoms with Gasteiger partial charge in [0.25, 0.3) is 0 Å². The highest BCUT2D eigenvalue weighted by Crippen LogP contribution is 2.16. The molecule has 0 amide bonds. The van der Waals surface area contributed by atoms with Crippen LogP contribution in [-0.2, 0) is 6.54 Å². The van der Waals surface area contributed by atoms with E-state index in [9.17, 15) is 4.39 Å². The van der Waals surface area contributed by atoms with E-state index in [1.165, 1.54) is 18.2 Å². The third-order valence-electron chi connectivity index (χ3n) is 3.05. The number of rotatable bonds is 3. The van der Waals surface area contributed by atoms with Crippen LogP contribution >= 0.6 is 24.0 Å². The summed E-state index contributed by atoms with van der Waals surface area (Å²) in [6.45, 7) is 2.74. The second kappa shape index (κ2) is 6.50. The van der Waals surface area contributed by atoms with Crippen LogP contribution in [0.2, 0.25) is 0 Å². The number of hydrogen-bond donors (Lipinski definition) is 1. The highest BCUT2D eigenvalue weighted by Gasteiger charge is 2.12. The predicted octanol–water partition coefficient (Wildman–Crippen LogP) is 2.40. The quantitative estimate of drug-likeness (QED) is 0.863. The second-order valence-corrected chi connectivity index (χ2v) is 6.08. The molecule has 1 aromatic rings. The Balaban J connectivity index is 2.06. The van der Waals surface area contributed by atoms with Crippen molar-refractivity contribution in [1.29, 1.82) is 0 Å². The van der Waals surface area contributed by atoms with E-state index in [1.54, 1.807) is 12.1 Å². The van der Waals surface area contributed by atoms with Gasteiger partial charge < -0.3 is 5.73 Å². The molecule has 1 aliphatic rings. The summed E-state index contributed by atoms with van der Waals surface area (Å²) in [5.41, 5.74) is 6.81. The van der Waals surface area contributed by atoms with Crippen LogP contribution in [0, 0.1) is 5.82 Å². The zero-order valence-electron chi connectivity index (χ0n) is 10.2. The van der Waals surface area contributed by atoms with E-state index in [4.69, 9.17) is 18.0 Å². The molecule has 1 fully saturated rings. The Morgan fingerprint density at radius 2 is 2.22 bits per heavy atom. The third-order valence-corrected chi connectivity index (χ3v) is 4.33. The molecule has 0 bridgehead atoms. The summed E-state index contributed by atoms with van der Waals surface area (Å²) in [5, 5.41) is 0. The zero-order chi connectivity index (χ0) is 13.0. The number of nitrogens with two attached hydrogens (primary N) is 1. The summed E-state index contributed by atoms with van der Waals surface area (Å²) in [6, 6.07) is 5.03. The molecule has 1 heterocycles. The maximum Gasteiger partial charge on any atom is 0.128 e. The van der Waals surface area contributed by atoms with Crippen LogP contribution in [0.15, 0.2) is 18.2 Å². The molecule has 0 spiro atoms. The number of benzene rings is 1. The lowest BCUT2D eigenvalue weighted by molar-refractivity contribution is 0.283. The van der Waals surface area contributed by atoms with Gasteiger partial charge in [0.1, 0.15) is 10.8 Å². The lowest BCUT2D eigenvalue weighted by Crippen LogP contribution is -2.26. The Kier molecular flexibility index (Phi) is 4.97. The summed E-state index contributed by atoms with van der Waals surface area (Å²) in [7, 11) is 0. The van der Waals surface area contributed by atoms with Crippen molar-refractivity contribution in [2.24, 2.45) is 5.73 Å². The zero-order valence-corrected chi connectivity index (χ0v) is 11.8. The van der Waals surface area contributed by atoms with Crippen LogP contribution in [0.5, 0.6) is 0 Å². The average Bonchev–Trinajstić information content (AvgIpc) is 2.60. The van der Waals surface area contributed by atoms with Crippen LogP contribution in [0.1, 0.15) is 17.5 Å². The van der Waals surface area contributed by atoms with E-state index in [-0.39, 0.29) is 10.8 Å². The number of hydrogen-bond acceptors (Lipinski definition) is 3. The first-order valence-corrected chi connectivity index (χ1v) is 7.61. The molecule has 2 N–H and O–H groups in total. The molecule has 0 radical (unpaired) electrons. The second-order valence-electron chi connectivity index (χ2n) is 4.41. The van der Waals surface area contributed by atoms with Crippen molar-refractivity contribution in [3.63, 3.8) is 0 Å². The van der Waals surface area contributed by atoms with Gasteiger partial charge in [-0.2, -0.15) is 11.8 Å². The number of thiocarbonyl (C=S) groups is 1. The molecule has 2 nitrogen and oxygen atoms in total. The molecule has 0 aliphatic carbocycles. The topological polar surface area (TPSA) is 29.3 Å². The van der Waals surface area contributed by atoms with E-state index < -0.39 is 0 Å². The van der Waals surface area contributed by atoms with Gasteiger partial charge in [0.15, 0.2) is 0 Å². The summed E-state index contributed by atoms with van der Waals surface area (Å²) in [4.78, 5) is 2.55. The van der Waals surface area contributed by atoms with Crippen molar-refractivity contribution in [3.05, 3.63) is 35.1 Å². The van der Waals surface area contributed by atoms with Gasteiger partial charge in [-0.25, -0.2) is 4.39 Å². The Morgan fingerprint density at radius 1 is 1.39 bits per heavy atom. The van der Waals surface area contributed by atoms with Gasteiger partial charge in [0.2, 0.25) is 0 Å². The minimum Gasteiger partial charge on any atom is -0.389 e. The monoisotopic (exact) mass is 284 g/mol.